The average Bonchev–Trinajstić information content (AvgIpc) is 3.37. The number of hydrogen-bond acceptors (Lipinski definition) is 7. The fourth-order valence-electron chi connectivity index (χ4n) is 4.05. The normalized spacial score (nSPS) is 17.3. The van der Waals surface area contributed by atoms with E-state index in [1.165, 1.54) is 37.7 Å². The number of amides is 1. The molecule has 1 aliphatic heterocycles. The lowest BCUT2D eigenvalue weighted by Gasteiger charge is -2.25. The predicted molar refractivity (Wildman–Crippen MR) is 128 cm³/mol. The number of ketones is 1. The molecule has 4 rings (SSSR count). The number of rotatable bonds is 9. The molecule has 194 valence electrons. The summed E-state index contributed by atoms with van der Waals surface area (Å²) in [7, 11) is 1.42. The van der Waals surface area contributed by atoms with Crippen LogP contribution in [0.5, 0.6) is 6.01 Å². The molecule has 0 spiro atoms. The average molecular weight is 515 g/mol. The minimum atomic E-state index is -4.48. The van der Waals surface area contributed by atoms with Gasteiger partial charge in [0.25, 0.3) is 0 Å². The van der Waals surface area contributed by atoms with E-state index in [1.807, 2.05) is 0 Å². The monoisotopic (exact) mass is 514 g/mol. The summed E-state index contributed by atoms with van der Waals surface area (Å²) in [6.07, 6.45) is -1.43. The molecule has 8 nitrogen and oxygen atoms in total. The van der Waals surface area contributed by atoms with Crippen molar-refractivity contribution in [3.8, 4) is 6.01 Å². The minimum Gasteiger partial charge on any atom is -0.467 e. The molecule has 0 unspecified atom stereocenters. The Hall–Kier alpha value is -3.99. The molecular weight excluding hydrogens is 489 g/mol. The van der Waals surface area contributed by atoms with Gasteiger partial charge in [-0.3, -0.25) is 9.59 Å². The van der Waals surface area contributed by atoms with Gasteiger partial charge in [0.2, 0.25) is 5.91 Å². The summed E-state index contributed by atoms with van der Waals surface area (Å²) < 4.78 is 50.1. The highest BCUT2D eigenvalue weighted by atomic mass is 19.4. The molecule has 2 aromatic carbocycles. The van der Waals surface area contributed by atoms with Crippen LogP contribution in [0.2, 0.25) is 0 Å². The van der Waals surface area contributed by atoms with E-state index in [1.54, 1.807) is 24.3 Å². The number of alkyl halides is 3. The van der Waals surface area contributed by atoms with Gasteiger partial charge in [-0.15, -0.1) is 0 Å². The van der Waals surface area contributed by atoms with E-state index < -0.39 is 17.2 Å². The van der Waals surface area contributed by atoms with Crippen molar-refractivity contribution in [1.29, 1.82) is 0 Å². The topological polar surface area (TPSA) is 102 Å². The largest absolute Gasteiger partial charge is 0.467 e. The van der Waals surface area contributed by atoms with E-state index in [2.05, 4.69) is 20.6 Å². The Morgan fingerprint density at radius 1 is 1.08 bits per heavy atom. The number of nitrogens with one attached hydrogen (secondary N) is 2. The minimum absolute atomic E-state index is 0.0499. The molecule has 3 aromatic rings. The zero-order chi connectivity index (χ0) is 26.5. The van der Waals surface area contributed by atoms with Crippen LogP contribution in [0.4, 0.5) is 24.5 Å². The Morgan fingerprint density at radius 2 is 1.78 bits per heavy atom. The molecule has 1 aliphatic rings. The lowest BCUT2D eigenvalue weighted by Crippen LogP contribution is -2.42. The molecule has 0 radical (unpaired) electrons. The number of halogens is 3. The van der Waals surface area contributed by atoms with Crippen molar-refractivity contribution in [2.75, 3.05) is 25.6 Å². The zero-order valence-corrected chi connectivity index (χ0v) is 20.0. The third kappa shape index (κ3) is 6.23. The number of anilines is 2. The van der Waals surface area contributed by atoms with Crippen molar-refractivity contribution >= 4 is 23.1 Å². The van der Waals surface area contributed by atoms with Crippen LogP contribution in [-0.2, 0) is 22.3 Å². The summed E-state index contributed by atoms with van der Waals surface area (Å²) in [4.78, 5) is 33.8. The maximum absolute atomic E-state index is 13.2. The van der Waals surface area contributed by atoms with E-state index in [9.17, 15) is 22.8 Å². The second kappa shape index (κ2) is 11.0. The van der Waals surface area contributed by atoms with Crippen LogP contribution in [0, 0.1) is 5.41 Å². The first kappa shape index (κ1) is 26.1. The fraction of sp³-hybridized carbons (Fsp3) is 0.308. The van der Waals surface area contributed by atoms with Crippen LogP contribution in [0.25, 0.3) is 0 Å². The summed E-state index contributed by atoms with van der Waals surface area (Å²) in [6.45, 7) is 0.655. The van der Waals surface area contributed by atoms with Crippen molar-refractivity contribution in [2.24, 2.45) is 5.41 Å². The summed E-state index contributed by atoms with van der Waals surface area (Å²) in [5.41, 5.74) is -0.334. The second-order valence-electron chi connectivity index (χ2n) is 8.69. The van der Waals surface area contributed by atoms with Gasteiger partial charge in [0, 0.05) is 37.7 Å². The fourth-order valence-corrected chi connectivity index (χ4v) is 4.05. The Balaban J connectivity index is 1.38. The number of methoxy groups -OCH3 is 1. The van der Waals surface area contributed by atoms with Gasteiger partial charge >= 0.3 is 12.2 Å². The van der Waals surface area contributed by atoms with Crippen molar-refractivity contribution in [2.45, 2.75) is 25.6 Å². The molecule has 0 saturated carbocycles. The van der Waals surface area contributed by atoms with Crippen molar-refractivity contribution in [3.63, 3.8) is 0 Å². The lowest BCUT2D eigenvalue weighted by molar-refractivity contribution is -0.137. The summed E-state index contributed by atoms with van der Waals surface area (Å²) in [5, 5.41) is 5.65. The molecule has 11 heteroatoms. The summed E-state index contributed by atoms with van der Waals surface area (Å²) in [5.74, 6) is -0.591. The maximum atomic E-state index is 13.2. The van der Waals surface area contributed by atoms with Crippen LogP contribution in [0.15, 0.2) is 60.9 Å². The Bertz CT molecular complexity index is 1240. The number of aromatic nitrogens is 2. The van der Waals surface area contributed by atoms with Crippen LogP contribution in [-0.4, -0.2) is 42.0 Å². The van der Waals surface area contributed by atoms with Gasteiger partial charge in [-0.25, -0.2) is 9.97 Å². The zero-order valence-electron chi connectivity index (χ0n) is 20.0. The molecule has 1 fully saturated rings. The van der Waals surface area contributed by atoms with E-state index in [0.29, 0.717) is 18.7 Å². The van der Waals surface area contributed by atoms with Crippen LogP contribution >= 0.6 is 0 Å². The highest BCUT2D eigenvalue weighted by Gasteiger charge is 2.44. The van der Waals surface area contributed by atoms with Crippen LogP contribution in [0.3, 0.4) is 0 Å². The van der Waals surface area contributed by atoms with Gasteiger partial charge < -0.3 is 20.1 Å². The van der Waals surface area contributed by atoms with Gasteiger partial charge in [-0.1, -0.05) is 24.3 Å². The van der Waals surface area contributed by atoms with Gasteiger partial charge in [-0.2, -0.15) is 13.2 Å². The molecule has 2 heterocycles. The number of para-hydroxylation sites is 1. The molecule has 1 saturated heterocycles. The molecule has 2 N–H and O–H groups in total. The van der Waals surface area contributed by atoms with E-state index >= 15 is 0 Å². The first-order valence-electron chi connectivity index (χ1n) is 11.5. The predicted octanol–water partition coefficient (Wildman–Crippen LogP) is 4.54. The van der Waals surface area contributed by atoms with Crippen molar-refractivity contribution < 1.29 is 32.2 Å². The maximum Gasteiger partial charge on any atom is 0.418 e. The highest BCUT2D eigenvalue weighted by Crippen LogP contribution is 2.36. The quantitative estimate of drug-likeness (QED) is 0.404. The number of carbonyl (C=O) groups is 2. The Labute approximate surface area is 211 Å². The first-order chi connectivity index (χ1) is 17.7. The standard InChI is InChI=1S/C26H25F3N4O4/c1-36-24-31-14-18(15-32-24)22(34)12-25(10-11-37-16-25)23(35)30-13-17-6-8-19(9-7-17)33-21-5-3-2-4-20(21)26(27,28)29/h2-9,14-15,33H,10-13,16H2,1H3,(H,30,35)/t25-/m0/s1. The number of ether oxygens (including phenoxy) is 2. The van der Waals surface area contributed by atoms with E-state index in [0.717, 1.165) is 11.6 Å². The third-order valence-corrected chi connectivity index (χ3v) is 6.14. The molecule has 1 amide bonds. The number of carbonyl (C=O) groups excluding carboxylic acids is 2. The Morgan fingerprint density at radius 3 is 2.41 bits per heavy atom. The summed E-state index contributed by atoms with van der Waals surface area (Å²) in [6, 6.07) is 12.1. The molecule has 0 bridgehead atoms. The molecule has 1 aromatic heterocycles. The van der Waals surface area contributed by atoms with Crippen molar-refractivity contribution in [3.05, 3.63) is 77.6 Å². The number of Topliss-reactive ketones (excluding diaryl/α,β-unsaturated/α-hetero) is 1. The highest BCUT2D eigenvalue weighted by molar-refractivity contribution is 5.99. The second-order valence-corrected chi connectivity index (χ2v) is 8.69. The number of nitrogens with zero attached hydrogens (tertiary/aromatic N) is 2. The molecule has 1 atom stereocenters. The SMILES string of the molecule is COc1ncc(C(=O)C[C@@]2(C(=O)NCc3ccc(Nc4ccccc4C(F)(F)F)cc3)CCOC2)cn1. The molecule has 0 aliphatic carbocycles. The van der Waals surface area contributed by atoms with E-state index in [4.69, 9.17) is 9.47 Å². The van der Waals surface area contributed by atoms with Crippen LogP contribution in [0.1, 0.15) is 34.3 Å². The van der Waals surface area contributed by atoms with Gasteiger partial charge in [0.15, 0.2) is 5.78 Å². The third-order valence-electron chi connectivity index (χ3n) is 6.14. The van der Waals surface area contributed by atoms with Crippen LogP contribution < -0.4 is 15.4 Å². The van der Waals surface area contributed by atoms with Crippen molar-refractivity contribution in [1.82, 2.24) is 15.3 Å². The molecular formula is C26H25F3N4O4. The molecule has 37 heavy (non-hydrogen) atoms. The van der Waals surface area contributed by atoms with Gasteiger partial charge in [-0.05, 0) is 36.2 Å². The Kier molecular flexibility index (Phi) is 7.72. The number of benzene rings is 2. The van der Waals surface area contributed by atoms with E-state index in [-0.39, 0.29) is 48.5 Å². The summed E-state index contributed by atoms with van der Waals surface area (Å²) >= 11 is 0. The number of hydrogen-bond donors (Lipinski definition) is 2. The first-order valence-corrected chi connectivity index (χ1v) is 11.5. The van der Waals surface area contributed by atoms with Gasteiger partial charge in [0.05, 0.1) is 35.9 Å². The smallest absolute Gasteiger partial charge is 0.418 e. The lowest BCUT2D eigenvalue weighted by atomic mass is 9.80. The van der Waals surface area contributed by atoms with Gasteiger partial charge in [0.1, 0.15) is 0 Å².